The molecule has 0 heterocycles. The lowest BCUT2D eigenvalue weighted by molar-refractivity contribution is -0.404. The number of unbranched alkanes of at least 4 members (excludes halogenated alkanes) is 13. The van der Waals surface area contributed by atoms with Crippen LogP contribution in [-0.2, 0) is 9.59 Å². The van der Waals surface area contributed by atoms with Crippen LogP contribution < -0.4 is 16.2 Å². The van der Waals surface area contributed by atoms with Crippen LogP contribution in [0.3, 0.4) is 0 Å². The SMILES string of the molecule is CCC([NH3+])C(=O)NCCCCCCCCCCCCCCCCC(=O)[O-]. The van der Waals surface area contributed by atoms with Gasteiger partial charge in [0, 0.05) is 18.9 Å². The highest BCUT2D eigenvalue weighted by molar-refractivity contribution is 5.79. The molecule has 5 nitrogen and oxygen atoms in total. The second-order valence-corrected chi connectivity index (χ2v) is 7.47. The molecular weight excluding hydrogens is 328 g/mol. The second-order valence-electron chi connectivity index (χ2n) is 7.47. The number of quaternary nitrogens is 1. The summed E-state index contributed by atoms with van der Waals surface area (Å²) in [4.78, 5) is 21.8. The Labute approximate surface area is 160 Å². The fourth-order valence-corrected chi connectivity index (χ4v) is 3.06. The molecule has 1 atom stereocenters. The summed E-state index contributed by atoms with van der Waals surface area (Å²) in [6.45, 7) is 2.78. The van der Waals surface area contributed by atoms with Crippen molar-refractivity contribution >= 4 is 11.9 Å². The second kappa shape index (κ2) is 18.7. The van der Waals surface area contributed by atoms with Gasteiger partial charge in [0.25, 0.3) is 5.91 Å². The van der Waals surface area contributed by atoms with E-state index in [4.69, 9.17) is 0 Å². The third-order valence-electron chi connectivity index (χ3n) is 4.97. The Morgan fingerprint density at radius 2 is 1.15 bits per heavy atom. The van der Waals surface area contributed by atoms with Gasteiger partial charge in [0.05, 0.1) is 0 Å². The number of aliphatic carboxylic acids is 1. The molecule has 0 bridgehead atoms. The zero-order chi connectivity index (χ0) is 19.5. The summed E-state index contributed by atoms with van der Waals surface area (Å²) in [6.07, 6.45) is 18.0. The summed E-state index contributed by atoms with van der Waals surface area (Å²) in [5.41, 5.74) is 3.82. The van der Waals surface area contributed by atoms with Gasteiger partial charge in [-0.25, -0.2) is 0 Å². The van der Waals surface area contributed by atoms with Gasteiger partial charge in [-0.3, -0.25) is 4.79 Å². The molecule has 0 aliphatic carbocycles. The van der Waals surface area contributed by atoms with E-state index in [-0.39, 0.29) is 18.4 Å². The van der Waals surface area contributed by atoms with Crippen LogP contribution in [0, 0.1) is 0 Å². The summed E-state index contributed by atoms with van der Waals surface area (Å²) in [6, 6.07) is -0.107. The van der Waals surface area contributed by atoms with Crippen molar-refractivity contribution in [1.29, 1.82) is 0 Å². The van der Waals surface area contributed by atoms with Crippen molar-refractivity contribution in [3.05, 3.63) is 0 Å². The molecule has 4 N–H and O–H groups in total. The van der Waals surface area contributed by atoms with Crippen molar-refractivity contribution in [1.82, 2.24) is 5.32 Å². The third kappa shape index (κ3) is 17.7. The van der Waals surface area contributed by atoms with Gasteiger partial charge in [-0.1, -0.05) is 84.0 Å². The first-order chi connectivity index (χ1) is 12.6. The van der Waals surface area contributed by atoms with E-state index >= 15 is 0 Å². The maximum absolute atomic E-state index is 11.5. The van der Waals surface area contributed by atoms with E-state index in [0.29, 0.717) is 0 Å². The van der Waals surface area contributed by atoms with Gasteiger partial charge in [0.2, 0.25) is 0 Å². The number of nitrogens with one attached hydrogen (secondary N) is 1. The summed E-state index contributed by atoms with van der Waals surface area (Å²) in [5, 5.41) is 13.2. The molecule has 0 spiro atoms. The lowest BCUT2D eigenvalue weighted by atomic mass is 10.0. The van der Waals surface area contributed by atoms with Crippen LogP contribution in [0.1, 0.15) is 110 Å². The van der Waals surface area contributed by atoms with E-state index in [9.17, 15) is 14.7 Å². The zero-order valence-electron chi connectivity index (χ0n) is 17.0. The molecule has 0 rings (SSSR count). The van der Waals surface area contributed by atoms with Crippen molar-refractivity contribution in [3.8, 4) is 0 Å². The van der Waals surface area contributed by atoms with E-state index in [0.717, 1.165) is 38.6 Å². The quantitative estimate of drug-likeness (QED) is 0.342. The molecule has 0 saturated carbocycles. The molecule has 26 heavy (non-hydrogen) atoms. The van der Waals surface area contributed by atoms with Crippen LogP contribution in [0.4, 0.5) is 0 Å². The van der Waals surface area contributed by atoms with Gasteiger partial charge in [-0.15, -0.1) is 0 Å². The molecule has 154 valence electrons. The number of carboxylic acid groups (broad SMARTS) is 1. The van der Waals surface area contributed by atoms with Gasteiger partial charge in [-0.05, 0) is 19.3 Å². The lowest BCUT2D eigenvalue weighted by Gasteiger charge is -2.07. The molecule has 1 amide bonds. The first-order valence-electron chi connectivity index (χ1n) is 10.9. The molecule has 0 fully saturated rings. The van der Waals surface area contributed by atoms with Crippen LogP contribution in [-0.4, -0.2) is 24.5 Å². The molecular formula is C21H42N2O3. The normalized spacial score (nSPS) is 12.1. The molecule has 0 aromatic rings. The minimum atomic E-state index is -0.920. The predicted octanol–water partition coefficient (Wildman–Crippen LogP) is 2.72. The van der Waals surface area contributed by atoms with E-state index in [1.54, 1.807) is 0 Å². The number of carboxylic acids is 1. The Morgan fingerprint density at radius 3 is 1.54 bits per heavy atom. The van der Waals surface area contributed by atoms with E-state index in [2.05, 4.69) is 11.1 Å². The molecule has 0 radical (unpaired) electrons. The number of carbonyl (C=O) groups is 2. The first-order valence-corrected chi connectivity index (χ1v) is 10.9. The highest BCUT2D eigenvalue weighted by atomic mass is 16.4. The van der Waals surface area contributed by atoms with Crippen LogP contribution in [0.2, 0.25) is 0 Å². The predicted molar refractivity (Wildman–Crippen MR) is 104 cm³/mol. The van der Waals surface area contributed by atoms with Gasteiger partial charge in [0.15, 0.2) is 6.04 Å². The van der Waals surface area contributed by atoms with Crippen molar-refractivity contribution < 1.29 is 20.4 Å². The first kappa shape index (κ1) is 24.9. The Hall–Kier alpha value is -1.10. The van der Waals surface area contributed by atoms with Gasteiger partial charge in [0.1, 0.15) is 0 Å². The Morgan fingerprint density at radius 1 is 0.769 bits per heavy atom. The van der Waals surface area contributed by atoms with Gasteiger partial charge >= 0.3 is 0 Å². The summed E-state index contributed by atoms with van der Waals surface area (Å²) >= 11 is 0. The summed E-state index contributed by atoms with van der Waals surface area (Å²) in [5.74, 6) is -0.832. The number of rotatable bonds is 19. The van der Waals surface area contributed by atoms with Crippen molar-refractivity contribution in [2.45, 2.75) is 116 Å². The fourth-order valence-electron chi connectivity index (χ4n) is 3.06. The standard InChI is InChI=1S/C21H42N2O3/c1-2-19(22)21(26)23-18-16-14-12-10-8-6-4-3-5-7-9-11-13-15-17-20(24)25/h19H,2-18,22H2,1H3,(H,23,26)(H,24,25). The van der Waals surface area contributed by atoms with Crippen LogP contribution in [0.15, 0.2) is 0 Å². The average Bonchev–Trinajstić information content (AvgIpc) is 2.63. The van der Waals surface area contributed by atoms with Crippen LogP contribution in [0.5, 0.6) is 0 Å². The third-order valence-corrected chi connectivity index (χ3v) is 4.97. The van der Waals surface area contributed by atoms with Crippen molar-refractivity contribution in [2.75, 3.05) is 6.54 Å². The highest BCUT2D eigenvalue weighted by Crippen LogP contribution is 2.13. The molecule has 0 saturated heterocycles. The van der Waals surface area contributed by atoms with Crippen molar-refractivity contribution in [2.24, 2.45) is 0 Å². The maximum Gasteiger partial charge on any atom is 0.278 e. The smallest absolute Gasteiger partial charge is 0.278 e. The Kier molecular flexibility index (Phi) is 17.9. The number of hydrogen-bond donors (Lipinski definition) is 2. The van der Waals surface area contributed by atoms with Crippen LogP contribution >= 0.6 is 0 Å². The fraction of sp³-hybridized carbons (Fsp3) is 0.905. The molecule has 0 aromatic heterocycles. The molecule has 0 aromatic carbocycles. The Balaban J connectivity index is 3.11. The van der Waals surface area contributed by atoms with E-state index in [1.807, 2.05) is 6.92 Å². The minimum absolute atomic E-state index is 0.0880. The molecule has 1 unspecified atom stereocenters. The summed E-state index contributed by atoms with van der Waals surface area (Å²) in [7, 11) is 0. The van der Waals surface area contributed by atoms with E-state index < -0.39 is 5.97 Å². The zero-order valence-corrected chi connectivity index (χ0v) is 17.0. The van der Waals surface area contributed by atoms with Crippen LogP contribution in [0.25, 0.3) is 0 Å². The monoisotopic (exact) mass is 370 g/mol. The molecule has 5 heteroatoms. The number of hydrogen-bond acceptors (Lipinski definition) is 3. The van der Waals surface area contributed by atoms with Crippen molar-refractivity contribution in [3.63, 3.8) is 0 Å². The molecule has 0 aliphatic rings. The Bertz CT molecular complexity index is 348. The summed E-state index contributed by atoms with van der Waals surface area (Å²) < 4.78 is 0. The maximum atomic E-state index is 11.5. The minimum Gasteiger partial charge on any atom is -0.550 e. The topological polar surface area (TPSA) is 96.9 Å². The molecule has 0 aliphatic heterocycles. The van der Waals surface area contributed by atoms with E-state index in [1.165, 1.54) is 64.2 Å². The van der Waals surface area contributed by atoms with Gasteiger partial charge < -0.3 is 21.0 Å². The highest BCUT2D eigenvalue weighted by Gasteiger charge is 2.12. The van der Waals surface area contributed by atoms with Gasteiger partial charge in [-0.2, -0.15) is 0 Å². The largest absolute Gasteiger partial charge is 0.550 e. The average molecular weight is 371 g/mol. The lowest BCUT2D eigenvalue weighted by Crippen LogP contribution is -2.67. The number of amides is 1. The number of carbonyl (C=O) groups excluding carboxylic acids is 2.